The van der Waals surface area contributed by atoms with Gasteiger partial charge in [0.1, 0.15) is 5.82 Å². The number of carbonyl (C=O) groups is 1. The van der Waals surface area contributed by atoms with Crippen molar-refractivity contribution in [3.63, 3.8) is 0 Å². The Balaban J connectivity index is 1.67. The summed E-state index contributed by atoms with van der Waals surface area (Å²) in [5, 5.41) is 7.02. The normalized spacial score (nSPS) is 13.6. The fourth-order valence-electron chi connectivity index (χ4n) is 2.75. The Hall–Kier alpha value is -3.22. The second-order valence-electron chi connectivity index (χ2n) is 6.44. The molecule has 0 bridgehead atoms. The first-order valence-corrected chi connectivity index (χ1v) is 8.46. The van der Waals surface area contributed by atoms with Crippen molar-refractivity contribution in [1.29, 1.82) is 0 Å². The van der Waals surface area contributed by atoms with Crippen LogP contribution >= 0.6 is 0 Å². The zero-order valence-electron chi connectivity index (χ0n) is 14.0. The van der Waals surface area contributed by atoms with E-state index in [0.29, 0.717) is 18.2 Å². The van der Waals surface area contributed by atoms with Crippen LogP contribution in [-0.4, -0.2) is 22.4 Å². The Bertz CT molecular complexity index is 987. The van der Waals surface area contributed by atoms with E-state index in [-0.39, 0.29) is 17.2 Å². The van der Waals surface area contributed by atoms with Crippen LogP contribution in [0.2, 0.25) is 0 Å². The van der Waals surface area contributed by atoms with Gasteiger partial charge in [0.15, 0.2) is 11.6 Å². The summed E-state index contributed by atoms with van der Waals surface area (Å²) < 4.78 is 14.2. The van der Waals surface area contributed by atoms with Gasteiger partial charge < -0.3 is 16.4 Å². The third-order valence-corrected chi connectivity index (χ3v) is 4.36. The van der Waals surface area contributed by atoms with E-state index >= 15 is 0 Å². The Morgan fingerprint density at radius 3 is 2.85 bits per heavy atom. The van der Waals surface area contributed by atoms with Crippen LogP contribution < -0.4 is 16.4 Å². The number of anilines is 3. The lowest BCUT2D eigenvalue weighted by molar-refractivity contribution is 0.100. The molecule has 0 radical (unpaired) electrons. The molecule has 1 aromatic carbocycles. The molecule has 4 N–H and O–H groups in total. The monoisotopic (exact) mass is 351 g/mol. The predicted octanol–water partition coefficient (Wildman–Crippen LogP) is 3.43. The number of halogens is 1. The molecule has 7 heteroatoms. The number of hydrogen-bond acceptors (Lipinski definition) is 5. The van der Waals surface area contributed by atoms with Gasteiger partial charge in [-0.2, -0.15) is 0 Å². The highest BCUT2D eigenvalue weighted by molar-refractivity contribution is 5.99. The molecule has 0 spiro atoms. The number of amides is 1. The van der Waals surface area contributed by atoms with E-state index < -0.39 is 11.7 Å². The first-order chi connectivity index (χ1) is 12.6. The van der Waals surface area contributed by atoms with Crippen LogP contribution in [0.5, 0.6) is 0 Å². The molecule has 0 aliphatic heterocycles. The fourth-order valence-corrected chi connectivity index (χ4v) is 2.75. The molecular weight excluding hydrogens is 333 g/mol. The molecule has 1 saturated carbocycles. The first-order valence-electron chi connectivity index (χ1n) is 8.46. The second kappa shape index (κ2) is 6.59. The Morgan fingerprint density at radius 1 is 1.23 bits per heavy atom. The number of rotatable bonds is 6. The van der Waals surface area contributed by atoms with Gasteiger partial charge in [-0.15, -0.1) is 0 Å². The Kier molecular flexibility index (Phi) is 4.12. The zero-order valence-corrected chi connectivity index (χ0v) is 14.0. The van der Waals surface area contributed by atoms with Gasteiger partial charge in [-0.25, -0.2) is 9.37 Å². The maximum absolute atomic E-state index is 14.2. The third-order valence-electron chi connectivity index (χ3n) is 4.36. The molecule has 2 aromatic heterocycles. The molecule has 0 atom stereocenters. The highest BCUT2D eigenvalue weighted by Gasteiger charge is 2.22. The smallest absolute Gasteiger partial charge is 0.252 e. The predicted molar refractivity (Wildman–Crippen MR) is 99.0 cm³/mol. The van der Waals surface area contributed by atoms with Gasteiger partial charge in [-0.3, -0.25) is 9.78 Å². The number of benzene rings is 1. The maximum atomic E-state index is 14.2. The summed E-state index contributed by atoms with van der Waals surface area (Å²) in [4.78, 5) is 20.2. The number of hydrogen-bond donors (Lipinski definition) is 3. The Morgan fingerprint density at radius 2 is 2.08 bits per heavy atom. The van der Waals surface area contributed by atoms with E-state index in [1.54, 1.807) is 6.20 Å². The molecule has 3 aromatic rings. The number of pyridine rings is 2. The molecule has 1 amide bonds. The zero-order chi connectivity index (χ0) is 18.1. The van der Waals surface area contributed by atoms with Crippen LogP contribution in [-0.2, 0) is 0 Å². The van der Waals surface area contributed by atoms with Gasteiger partial charge in [0, 0.05) is 23.8 Å². The Labute approximate surface area is 149 Å². The number of nitrogens with one attached hydrogen (secondary N) is 2. The lowest BCUT2D eigenvalue weighted by Gasteiger charge is -2.13. The summed E-state index contributed by atoms with van der Waals surface area (Å²) in [6, 6.07) is 10.5. The van der Waals surface area contributed by atoms with Crippen LogP contribution in [0.3, 0.4) is 0 Å². The number of fused-ring (bicyclic) bond motifs is 1. The number of primary amides is 1. The molecule has 4 rings (SSSR count). The molecule has 1 fully saturated rings. The van der Waals surface area contributed by atoms with Gasteiger partial charge in [-0.1, -0.05) is 6.07 Å². The molecular formula is C19H18FN5O. The summed E-state index contributed by atoms with van der Waals surface area (Å²) in [6.07, 6.45) is 4.01. The van der Waals surface area contributed by atoms with Crippen LogP contribution in [0.25, 0.3) is 10.9 Å². The van der Waals surface area contributed by atoms with Crippen molar-refractivity contribution in [3.05, 3.63) is 54.0 Å². The quantitative estimate of drug-likeness (QED) is 0.633. The number of aromatic nitrogens is 2. The van der Waals surface area contributed by atoms with E-state index in [1.165, 1.54) is 0 Å². The minimum atomic E-state index is -0.741. The summed E-state index contributed by atoms with van der Waals surface area (Å²) in [5.74, 6) is -0.425. The summed E-state index contributed by atoms with van der Waals surface area (Å²) >= 11 is 0. The average molecular weight is 351 g/mol. The minimum absolute atomic E-state index is 0.00533. The van der Waals surface area contributed by atoms with Crippen molar-refractivity contribution in [1.82, 2.24) is 9.97 Å². The number of nitrogens with two attached hydrogens (primary N) is 1. The lowest BCUT2D eigenvalue weighted by atomic mass is 10.2. The van der Waals surface area contributed by atoms with E-state index in [1.807, 2.05) is 30.3 Å². The fraction of sp³-hybridized carbons (Fsp3) is 0.211. The highest BCUT2D eigenvalue weighted by atomic mass is 19.1. The van der Waals surface area contributed by atoms with Crippen LogP contribution in [0.4, 0.5) is 21.7 Å². The first kappa shape index (κ1) is 16.3. The highest BCUT2D eigenvalue weighted by Crippen LogP contribution is 2.30. The van der Waals surface area contributed by atoms with Crippen molar-refractivity contribution < 1.29 is 9.18 Å². The minimum Gasteiger partial charge on any atom is -0.367 e. The van der Waals surface area contributed by atoms with E-state index in [0.717, 1.165) is 29.8 Å². The largest absolute Gasteiger partial charge is 0.367 e. The SMILES string of the molecule is NC(=O)c1cc(F)c(NCC2CC2)nc1Nc1ccc2ncccc2c1. The molecule has 1 aliphatic carbocycles. The van der Waals surface area contributed by atoms with Crippen LogP contribution in [0.1, 0.15) is 23.2 Å². The van der Waals surface area contributed by atoms with Gasteiger partial charge in [0.25, 0.3) is 5.91 Å². The number of carbonyl (C=O) groups excluding carboxylic acids is 1. The molecule has 1 aliphatic rings. The molecule has 0 unspecified atom stereocenters. The van der Waals surface area contributed by atoms with Gasteiger partial charge in [0.2, 0.25) is 0 Å². The molecule has 2 heterocycles. The van der Waals surface area contributed by atoms with Crippen molar-refractivity contribution in [3.8, 4) is 0 Å². The second-order valence-corrected chi connectivity index (χ2v) is 6.44. The molecule has 26 heavy (non-hydrogen) atoms. The molecule has 132 valence electrons. The van der Waals surface area contributed by atoms with Crippen molar-refractivity contribution >= 4 is 34.1 Å². The van der Waals surface area contributed by atoms with Gasteiger partial charge in [-0.05, 0) is 49.1 Å². The van der Waals surface area contributed by atoms with Gasteiger partial charge in [0.05, 0.1) is 11.1 Å². The van der Waals surface area contributed by atoms with Crippen molar-refractivity contribution in [2.45, 2.75) is 12.8 Å². The van der Waals surface area contributed by atoms with E-state index in [2.05, 4.69) is 20.6 Å². The van der Waals surface area contributed by atoms with Gasteiger partial charge >= 0.3 is 0 Å². The van der Waals surface area contributed by atoms with Crippen LogP contribution in [0.15, 0.2) is 42.6 Å². The number of nitrogens with zero attached hydrogens (tertiary/aromatic N) is 2. The average Bonchev–Trinajstić information content (AvgIpc) is 3.46. The van der Waals surface area contributed by atoms with Crippen LogP contribution in [0, 0.1) is 11.7 Å². The topological polar surface area (TPSA) is 92.9 Å². The van der Waals surface area contributed by atoms with Crippen molar-refractivity contribution in [2.24, 2.45) is 11.7 Å². The van der Waals surface area contributed by atoms with Crippen molar-refractivity contribution in [2.75, 3.05) is 17.2 Å². The lowest BCUT2D eigenvalue weighted by Crippen LogP contribution is -2.17. The maximum Gasteiger partial charge on any atom is 0.252 e. The van der Waals surface area contributed by atoms with E-state index in [9.17, 15) is 9.18 Å². The molecule has 6 nitrogen and oxygen atoms in total. The standard InChI is InChI=1S/C19H18FN5O/c20-15-9-14(17(21)26)18(25-19(15)23-10-11-3-4-11)24-13-5-6-16-12(8-13)2-1-7-22-16/h1-2,5-9,11H,3-4,10H2,(H2,21,26)(H2,23,24,25). The summed E-state index contributed by atoms with van der Waals surface area (Å²) in [7, 11) is 0. The molecule has 0 saturated heterocycles. The van der Waals surface area contributed by atoms with E-state index in [4.69, 9.17) is 5.73 Å². The third kappa shape index (κ3) is 3.42. The summed E-state index contributed by atoms with van der Waals surface area (Å²) in [5.41, 5.74) is 6.96. The summed E-state index contributed by atoms with van der Waals surface area (Å²) in [6.45, 7) is 0.668.